The van der Waals surface area contributed by atoms with E-state index in [2.05, 4.69) is 10.6 Å². The van der Waals surface area contributed by atoms with E-state index in [1.165, 1.54) is 12.1 Å². The average molecular weight is 317 g/mol. The van der Waals surface area contributed by atoms with E-state index in [4.69, 9.17) is 0 Å². The van der Waals surface area contributed by atoms with Crippen molar-refractivity contribution < 1.29 is 9.18 Å². The molecule has 21 heavy (non-hydrogen) atoms. The van der Waals surface area contributed by atoms with Gasteiger partial charge < -0.3 is 10.6 Å². The van der Waals surface area contributed by atoms with Crippen molar-refractivity contribution in [1.29, 1.82) is 0 Å². The van der Waals surface area contributed by atoms with Crippen LogP contribution in [-0.2, 0) is 11.2 Å². The highest BCUT2D eigenvalue weighted by Crippen LogP contribution is 2.12. The molecule has 2 atom stereocenters. The molecule has 0 aliphatic carbocycles. The third-order valence-corrected chi connectivity index (χ3v) is 3.17. The summed E-state index contributed by atoms with van der Waals surface area (Å²) in [5.74, 6) is 0.0310. The summed E-state index contributed by atoms with van der Waals surface area (Å²) in [7, 11) is 0. The first-order valence-corrected chi connectivity index (χ1v) is 7.25. The predicted molar refractivity (Wildman–Crippen MR) is 87.3 cm³/mol. The van der Waals surface area contributed by atoms with Gasteiger partial charge in [-0.15, -0.1) is 12.4 Å². The average Bonchev–Trinajstić information content (AvgIpc) is 2.36. The summed E-state index contributed by atoms with van der Waals surface area (Å²) in [6, 6.07) is 6.84. The minimum Gasteiger partial charge on any atom is -0.355 e. The minimum atomic E-state index is -0.224. The first kappa shape index (κ1) is 19.9. The Hall–Kier alpha value is -1.13. The highest BCUT2D eigenvalue weighted by molar-refractivity contribution is 5.85. The lowest BCUT2D eigenvalue weighted by atomic mass is 9.97. The van der Waals surface area contributed by atoms with Gasteiger partial charge in [0, 0.05) is 19.0 Å². The van der Waals surface area contributed by atoms with Crippen molar-refractivity contribution in [2.45, 2.75) is 39.7 Å². The Morgan fingerprint density at radius 2 is 2.05 bits per heavy atom. The second-order valence-electron chi connectivity index (χ2n) is 5.41. The van der Waals surface area contributed by atoms with E-state index in [1.807, 2.05) is 26.8 Å². The number of benzene rings is 1. The summed E-state index contributed by atoms with van der Waals surface area (Å²) < 4.78 is 13.1. The van der Waals surface area contributed by atoms with Crippen LogP contribution in [0.5, 0.6) is 0 Å². The number of amides is 1. The highest BCUT2D eigenvalue weighted by atomic mass is 35.5. The molecule has 5 heteroatoms. The number of nitrogens with one attached hydrogen (secondary N) is 2. The molecule has 1 unspecified atom stereocenters. The van der Waals surface area contributed by atoms with Crippen molar-refractivity contribution in [3.8, 4) is 0 Å². The molecule has 0 saturated heterocycles. The molecule has 0 saturated carbocycles. The molecule has 0 heterocycles. The zero-order valence-electron chi connectivity index (χ0n) is 13.0. The second kappa shape index (κ2) is 10.6. The summed E-state index contributed by atoms with van der Waals surface area (Å²) in [5, 5.41) is 6.16. The van der Waals surface area contributed by atoms with Gasteiger partial charge in [0.15, 0.2) is 0 Å². The maximum atomic E-state index is 13.1. The monoisotopic (exact) mass is 316 g/mol. The van der Waals surface area contributed by atoms with Gasteiger partial charge in [0.05, 0.1) is 0 Å². The number of hydrogen-bond donors (Lipinski definition) is 2. The van der Waals surface area contributed by atoms with Gasteiger partial charge >= 0.3 is 0 Å². The van der Waals surface area contributed by atoms with Crippen molar-refractivity contribution in [2.75, 3.05) is 13.1 Å². The molecule has 2 N–H and O–H groups in total. The van der Waals surface area contributed by atoms with Crippen molar-refractivity contribution in [2.24, 2.45) is 5.92 Å². The first-order valence-electron chi connectivity index (χ1n) is 7.25. The van der Waals surface area contributed by atoms with Gasteiger partial charge in [-0.2, -0.15) is 0 Å². The summed E-state index contributed by atoms with van der Waals surface area (Å²) >= 11 is 0. The van der Waals surface area contributed by atoms with Crippen LogP contribution in [0.25, 0.3) is 0 Å². The summed E-state index contributed by atoms with van der Waals surface area (Å²) in [6.07, 6.45) is 1.18. The first-order chi connectivity index (χ1) is 9.51. The van der Waals surface area contributed by atoms with Crippen LogP contribution in [0.3, 0.4) is 0 Å². The van der Waals surface area contributed by atoms with E-state index in [-0.39, 0.29) is 36.1 Å². The lowest BCUT2D eigenvalue weighted by Crippen LogP contribution is -2.39. The fourth-order valence-corrected chi connectivity index (χ4v) is 2.21. The molecular weight excluding hydrogens is 291 g/mol. The molecule has 1 aromatic carbocycles. The third-order valence-electron chi connectivity index (χ3n) is 3.17. The molecule has 0 radical (unpaired) electrons. The maximum Gasteiger partial charge on any atom is 0.220 e. The Labute approximate surface area is 133 Å². The van der Waals surface area contributed by atoms with Crippen LogP contribution in [0.4, 0.5) is 4.39 Å². The summed E-state index contributed by atoms with van der Waals surface area (Å²) in [5.41, 5.74) is 0.936. The van der Waals surface area contributed by atoms with Crippen molar-refractivity contribution in [3.05, 3.63) is 35.6 Å². The second-order valence-corrected chi connectivity index (χ2v) is 5.41. The Bertz CT molecular complexity index is 428. The number of rotatable bonds is 8. The zero-order valence-corrected chi connectivity index (χ0v) is 13.8. The molecule has 1 amide bonds. The molecule has 0 aliphatic rings. The van der Waals surface area contributed by atoms with Crippen LogP contribution in [0.2, 0.25) is 0 Å². The summed E-state index contributed by atoms with van der Waals surface area (Å²) in [6.45, 7) is 7.63. The van der Waals surface area contributed by atoms with Gasteiger partial charge in [-0.1, -0.05) is 26.0 Å². The topological polar surface area (TPSA) is 41.1 Å². The van der Waals surface area contributed by atoms with E-state index >= 15 is 0 Å². The number of halogens is 2. The Morgan fingerprint density at radius 3 is 2.67 bits per heavy atom. The van der Waals surface area contributed by atoms with Crippen molar-refractivity contribution in [3.63, 3.8) is 0 Å². The molecule has 3 nitrogen and oxygen atoms in total. The quantitative estimate of drug-likeness (QED) is 0.774. The van der Waals surface area contributed by atoms with Crippen molar-refractivity contribution in [1.82, 2.24) is 10.6 Å². The normalized spacial score (nSPS) is 13.1. The van der Waals surface area contributed by atoms with Gasteiger partial charge in [0.25, 0.3) is 0 Å². The molecular formula is C16H26ClFN2O. The van der Waals surface area contributed by atoms with Crippen LogP contribution in [0, 0.1) is 11.7 Å². The third kappa shape index (κ3) is 8.68. The largest absolute Gasteiger partial charge is 0.355 e. The highest BCUT2D eigenvalue weighted by Gasteiger charge is 2.11. The SMILES string of the molecule is CCN[C@H](C)CNC(=O)CC(C)Cc1cccc(F)c1.Cl. The van der Waals surface area contributed by atoms with Gasteiger partial charge in [0.2, 0.25) is 5.91 Å². The molecule has 0 bridgehead atoms. The van der Waals surface area contributed by atoms with Gasteiger partial charge in [-0.25, -0.2) is 4.39 Å². The smallest absolute Gasteiger partial charge is 0.220 e. The molecule has 0 aliphatic heterocycles. The number of likely N-dealkylation sites (N-methyl/N-ethyl adjacent to an activating group) is 1. The van der Waals surface area contributed by atoms with Crippen LogP contribution in [0.15, 0.2) is 24.3 Å². The van der Waals surface area contributed by atoms with Gasteiger partial charge in [-0.05, 0) is 43.5 Å². The number of carbonyl (C=O) groups is 1. The van der Waals surface area contributed by atoms with E-state index in [1.54, 1.807) is 6.07 Å². The fourth-order valence-electron chi connectivity index (χ4n) is 2.21. The summed E-state index contributed by atoms with van der Waals surface area (Å²) in [4.78, 5) is 11.8. The number of carbonyl (C=O) groups excluding carboxylic acids is 1. The lowest BCUT2D eigenvalue weighted by Gasteiger charge is -2.15. The molecule has 0 fully saturated rings. The van der Waals surface area contributed by atoms with Crippen LogP contribution in [0.1, 0.15) is 32.8 Å². The predicted octanol–water partition coefficient (Wildman–Crippen LogP) is 2.93. The molecule has 0 spiro atoms. The zero-order chi connectivity index (χ0) is 15.0. The van der Waals surface area contributed by atoms with E-state index in [0.717, 1.165) is 12.1 Å². The van der Waals surface area contributed by atoms with Crippen LogP contribution in [-0.4, -0.2) is 25.0 Å². The van der Waals surface area contributed by atoms with Gasteiger partial charge in [0.1, 0.15) is 5.82 Å². The van der Waals surface area contributed by atoms with E-state index < -0.39 is 0 Å². The van der Waals surface area contributed by atoms with Gasteiger partial charge in [-0.3, -0.25) is 4.79 Å². The Kier molecular flexibility index (Phi) is 10.0. The van der Waals surface area contributed by atoms with Crippen LogP contribution < -0.4 is 10.6 Å². The molecule has 1 rings (SSSR count). The lowest BCUT2D eigenvalue weighted by molar-refractivity contribution is -0.121. The Morgan fingerprint density at radius 1 is 1.33 bits per heavy atom. The molecule has 120 valence electrons. The van der Waals surface area contributed by atoms with E-state index in [9.17, 15) is 9.18 Å². The molecule has 1 aromatic rings. The number of hydrogen-bond acceptors (Lipinski definition) is 2. The standard InChI is InChI=1S/C16H25FN2O.ClH/c1-4-18-13(3)11-19-16(20)9-12(2)8-14-6-5-7-15(17)10-14;/h5-7,10,12-13,18H,4,8-9,11H2,1-3H3,(H,19,20);1H/t12?,13-;/m1./s1. The maximum absolute atomic E-state index is 13.1. The fraction of sp³-hybridized carbons (Fsp3) is 0.562. The molecule has 0 aromatic heterocycles. The van der Waals surface area contributed by atoms with Crippen molar-refractivity contribution >= 4 is 18.3 Å². The van der Waals surface area contributed by atoms with E-state index in [0.29, 0.717) is 19.4 Å². The minimum absolute atomic E-state index is 0. The van der Waals surface area contributed by atoms with Crippen LogP contribution >= 0.6 is 12.4 Å². The Balaban J connectivity index is 0.00000400.